The standard InChI is InChI=1S/C13H18N2O2/c1-11(4-3-9-16)15-13(17)7-6-12-5-2-8-14-10-12/h2,5-8,10-11,16H,3-4,9H2,1H3,(H,15,17). The third-order valence-electron chi connectivity index (χ3n) is 2.30. The predicted octanol–water partition coefficient (Wildman–Crippen LogP) is 1.37. The Kier molecular flexibility index (Phi) is 5.96. The van der Waals surface area contributed by atoms with Gasteiger partial charge < -0.3 is 10.4 Å². The predicted molar refractivity (Wildman–Crippen MR) is 67.2 cm³/mol. The summed E-state index contributed by atoms with van der Waals surface area (Å²) in [6.45, 7) is 2.08. The summed E-state index contributed by atoms with van der Waals surface area (Å²) in [4.78, 5) is 15.5. The van der Waals surface area contributed by atoms with Crippen molar-refractivity contribution in [3.8, 4) is 0 Å². The molecule has 0 bridgehead atoms. The van der Waals surface area contributed by atoms with E-state index in [-0.39, 0.29) is 18.6 Å². The lowest BCUT2D eigenvalue weighted by molar-refractivity contribution is -0.117. The lowest BCUT2D eigenvalue weighted by atomic mass is 10.2. The molecular weight excluding hydrogens is 216 g/mol. The van der Waals surface area contributed by atoms with Crippen LogP contribution in [0, 0.1) is 0 Å². The smallest absolute Gasteiger partial charge is 0.244 e. The second-order valence-electron chi connectivity index (χ2n) is 3.90. The van der Waals surface area contributed by atoms with Gasteiger partial charge in [0.25, 0.3) is 0 Å². The normalized spacial score (nSPS) is 12.6. The molecule has 1 aromatic heterocycles. The maximum absolute atomic E-state index is 11.5. The number of aliphatic hydroxyl groups is 1. The Morgan fingerprint density at radius 1 is 1.65 bits per heavy atom. The van der Waals surface area contributed by atoms with Gasteiger partial charge in [-0.1, -0.05) is 6.07 Å². The summed E-state index contributed by atoms with van der Waals surface area (Å²) in [5.41, 5.74) is 0.894. The summed E-state index contributed by atoms with van der Waals surface area (Å²) < 4.78 is 0. The number of aliphatic hydroxyl groups excluding tert-OH is 1. The zero-order valence-corrected chi connectivity index (χ0v) is 9.97. The molecule has 4 heteroatoms. The van der Waals surface area contributed by atoms with E-state index in [1.54, 1.807) is 18.5 Å². The lowest BCUT2D eigenvalue weighted by Gasteiger charge is -2.10. The summed E-state index contributed by atoms with van der Waals surface area (Å²) >= 11 is 0. The number of aromatic nitrogens is 1. The quantitative estimate of drug-likeness (QED) is 0.731. The maximum atomic E-state index is 11.5. The van der Waals surface area contributed by atoms with Crippen molar-refractivity contribution >= 4 is 12.0 Å². The largest absolute Gasteiger partial charge is 0.396 e. The molecule has 0 aliphatic rings. The van der Waals surface area contributed by atoms with E-state index in [4.69, 9.17) is 5.11 Å². The molecule has 1 amide bonds. The number of hydrogen-bond donors (Lipinski definition) is 2. The lowest BCUT2D eigenvalue weighted by Crippen LogP contribution is -2.31. The van der Waals surface area contributed by atoms with Gasteiger partial charge in [0.05, 0.1) is 0 Å². The van der Waals surface area contributed by atoms with Crippen molar-refractivity contribution in [2.24, 2.45) is 0 Å². The number of nitrogens with one attached hydrogen (secondary N) is 1. The van der Waals surface area contributed by atoms with Crippen molar-refractivity contribution in [3.63, 3.8) is 0 Å². The fraction of sp³-hybridized carbons (Fsp3) is 0.385. The first-order chi connectivity index (χ1) is 8.22. The van der Waals surface area contributed by atoms with Crippen LogP contribution in [0.1, 0.15) is 25.3 Å². The first-order valence-electron chi connectivity index (χ1n) is 5.72. The van der Waals surface area contributed by atoms with Crippen LogP contribution in [-0.2, 0) is 4.79 Å². The van der Waals surface area contributed by atoms with Crippen LogP contribution in [0.5, 0.6) is 0 Å². The van der Waals surface area contributed by atoms with E-state index in [0.717, 1.165) is 12.0 Å². The van der Waals surface area contributed by atoms with Gasteiger partial charge in [-0.15, -0.1) is 0 Å². The third kappa shape index (κ3) is 5.82. The van der Waals surface area contributed by atoms with Crippen molar-refractivity contribution in [1.82, 2.24) is 10.3 Å². The summed E-state index contributed by atoms with van der Waals surface area (Å²) in [6.07, 6.45) is 8.08. The molecule has 2 N–H and O–H groups in total. The molecule has 0 aliphatic carbocycles. The number of pyridine rings is 1. The summed E-state index contributed by atoms with van der Waals surface area (Å²) in [5.74, 6) is -0.126. The molecule has 1 rings (SSSR count). The Labute approximate surface area is 101 Å². The minimum absolute atomic E-state index is 0.0770. The van der Waals surface area contributed by atoms with Crippen LogP contribution < -0.4 is 5.32 Å². The highest BCUT2D eigenvalue weighted by atomic mass is 16.2. The van der Waals surface area contributed by atoms with Gasteiger partial charge in [-0.2, -0.15) is 0 Å². The van der Waals surface area contributed by atoms with Gasteiger partial charge in [0.15, 0.2) is 0 Å². The van der Waals surface area contributed by atoms with Crippen LogP contribution in [0.15, 0.2) is 30.6 Å². The molecule has 0 spiro atoms. The Hall–Kier alpha value is -1.68. The second-order valence-corrected chi connectivity index (χ2v) is 3.90. The van der Waals surface area contributed by atoms with Crippen molar-refractivity contribution in [2.75, 3.05) is 6.61 Å². The van der Waals surface area contributed by atoms with Gasteiger partial charge in [-0.25, -0.2) is 0 Å². The molecule has 92 valence electrons. The minimum atomic E-state index is -0.126. The summed E-state index contributed by atoms with van der Waals surface area (Å²) in [5, 5.41) is 11.5. The fourth-order valence-electron chi connectivity index (χ4n) is 1.41. The van der Waals surface area contributed by atoms with Gasteiger partial charge in [0.1, 0.15) is 0 Å². The minimum Gasteiger partial charge on any atom is -0.396 e. The van der Waals surface area contributed by atoms with Gasteiger partial charge >= 0.3 is 0 Å². The van der Waals surface area contributed by atoms with Crippen molar-refractivity contribution in [1.29, 1.82) is 0 Å². The molecule has 1 heterocycles. The Balaban J connectivity index is 2.36. The molecule has 1 atom stereocenters. The number of carbonyl (C=O) groups excluding carboxylic acids is 1. The second kappa shape index (κ2) is 7.57. The highest BCUT2D eigenvalue weighted by Gasteiger charge is 2.03. The van der Waals surface area contributed by atoms with E-state index < -0.39 is 0 Å². The van der Waals surface area contributed by atoms with Crippen LogP contribution >= 0.6 is 0 Å². The Bertz CT molecular complexity index is 363. The number of hydrogen-bond acceptors (Lipinski definition) is 3. The van der Waals surface area contributed by atoms with Crippen LogP contribution in [-0.4, -0.2) is 28.6 Å². The maximum Gasteiger partial charge on any atom is 0.244 e. The number of carbonyl (C=O) groups is 1. The van der Waals surface area contributed by atoms with Crippen molar-refractivity contribution in [3.05, 3.63) is 36.2 Å². The molecule has 1 aromatic rings. The number of nitrogens with zero attached hydrogens (tertiary/aromatic N) is 1. The molecule has 0 aromatic carbocycles. The van der Waals surface area contributed by atoms with Crippen LogP contribution in [0.3, 0.4) is 0 Å². The first-order valence-corrected chi connectivity index (χ1v) is 5.72. The van der Waals surface area contributed by atoms with E-state index in [1.807, 2.05) is 19.1 Å². The third-order valence-corrected chi connectivity index (χ3v) is 2.30. The van der Waals surface area contributed by atoms with E-state index >= 15 is 0 Å². The van der Waals surface area contributed by atoms with E-state index in [9.17, 15) is 4.79 Å². The van der Waals surface area contributed by atoms with Crippen LogP contribution in [0.25, 0.3) is 6.08 Å². The van der Waals surface area contributed by atoms with E-state index in [2.05, 4.69) is 10.3 Å². The molecule has 0 saturated carbocycles. The summed E-state index contributed by atoms with van der Waals surface area (Å²) in [6, 6.07) is 3.78. The monoisotopic (exact) mass is 234 g/mol. The highest BCUT2D eigenvalue weighted by Crippen LogP contribution is 1.99. The molecule has 0 fully saturated rings. The average Bonchev–Trinajstić information content (AvgIpc) is 2.35. The first kappa shape index (κ1) is 13.4. The van der Waals surface area contributed by atoms with Crippen molar-refractivity contribution in [2.45, 2.75) is 25.8 Å². The topological polar surface area (TPSA) is 62.2 Å². The van der Waals surface area contributed by atoms with Crippen molar-refractivity contribution < 1.29 is 9.90 Å². The molecule has 1 unspecified atom stereocenters. The van der Waals surface area contributed by atoms with Gasteiger partial charge in [0.2, 0.25) is 5.91 Å². The molecule has 0 saturated heterocycles. The van der Waals surface area contributed by atoms with E-state index in [0.29, 0.717) is 6.42 Å². The Morgan fingerprint density at radius 3 is 3.12 bits per heavy atom. The van der Waals surface area contributed by atoms with Gasteiger partial charge in [-0.05, 0) is 37.5 Å². The fourth-order valence-corrected chi connectivity index (χ4v) is 1.41. The van der Waals surface area contributed by atoms with Gasteiger partial charge in [0, 0.05) is 31.1 Å². The van der Waals surface area contributed by atoms with E-state index in [1.165, 1.54) is 6.08 Å². The number of amides is 1. The highest BCUT2D eigenvalue weighted by molar-refractivity contribution is 5.91. The summed E-state index contributed by atoms with van der Waals surface area (Å²) in [7, 11) is 0. The molecule has 17 heavy (non-hydrogen) atoms. The molecule has 0 aliphatic heterocycles. The number of rotatable bonds is 6. The van der Waals surface area contributed by atoms with Gasteiger partial charge in [-0.3, -0.25) is 9.78 Å². The average molecular weight is 234 g/mol. The SMILES string of the molecule is CC(CCCO)NC(=O)C=Cc1cccnc1. The Morgan fingerprint density at radius 2 is 2.47 bits per heavy atom. The zero-order chi connectivity index (χ0) is 12.5. The van der Waals surface area contributed by atoms with Crippen LogP contribution in [0.4, 0.5) is 0 Å². The zero-order valence-electron chi connectivity index (χ0n) is 9.97. The van der Waals surface area contributed by atoms with Crippen LogP contribution in [0.2, 0.25) is 0 Å². The molecule has 0 radical (unpaired) electrons. The molecular formula is C13H18N2O2. The molecule has 4 nitrogen and oxygen atoms in total.